The highest BCUT2D eigenvalue weighted by molar-refractivity contribution is 7.14. The van der Waals surface area contributed by atoms with Crippen LogP contribution >= 0.6 is 11.3 Å². The summed E-state index contributed by atoms with van der Waals surface area (Å²) in [5.41, 5.74) is 4.38. The average Bonchev–Trinajstić information content (AvgIpc) is 3.24. The third kappa shape index (κ3) is 4.75. The summed E-state index contributed by atoms with van der Waals surface area (Å²) in [5, 5.41) is 5.15. The summed E-state index contributed by atoms with van der Waals surface area (Å²) in [7, 11) is 0. The van der Waals surface area contributed by atoms with Crippen molar-refractivity contribution in [3.05, 3.63) is 52.9 Å². The molecule has 2 aromatic carbocycles. The Morgan fingerprint density at radius 3 is 2.91 bits per heavy atom. The first-order chi connectivity index (χ1) is 15.4. The summed E-state index contributed by atoms with van der Waals surface area (Å²) in [6, 6.07) is 11.6. The molecule has 0 saturated heterocycles. The highest BCUT2D eigenvalue weighted by Gasteiger charge is 2.25. The van der Waals surface area contributed by atoms with Crippen molar-refractivity contribution in [2.24, 2.45) is 0 Å². The normalized spacial score (nSPS) is 12.8. The number of carbonyl (C=O) groups is 2. The summed E-state index contributed by atoms with van der Waals surface area (Å²) < 4.78 is 11.2. The summed E-state index contributed by atoms with van der Waals surface area (Å²) in [6.45, 7) is 6.56. The van der Waals surface area contributed by atoms with E-state index in [1.54, 1.807) is 4.90 Å². The molecule has 1 N–H and O–H groups in total. The molecule has 1 aliphatic rings. The maximum absolute atomic E-state index is 12.3. The second-order valence-electron chi connectivity index (χ2n) is 7.66. The van der Waals surface area contributed by atoms with Crippen LogP contribution in [0.4, 0.5) is 10.8 Å². The molecule has 2 heterocycles. The first kappa shape index (κ1) is 21.8. The Hall–Kier alpha value is -3.39. The third-order valence-corrected chi connectivity index (χ3v) is 5.86. The standard InChI is InChI=1S/C24H25N3O4S/c1-4-9-27-19-11-17(7-8-20(19)31-13-23(27)29)18-14-32-24(25-18)26-22(28)12-30-21-10-15(2)5-6-16(21)3/h5-8,10-11,14H,4,9,12-13H2,1-3H3,(H,25,26,28). The number of fused-ring (bicyclic) bond motifs is 1. The van der Waals surface area contributed by atoms with E-state index in [9.17, 15) is 9.59 Å². The molecular weight excluding hydrogens is 426 g/mol. The van der Waals surface area contributed by atoms with E-state index in [4.69, 9.17) is 9.47 Å². The van der Waals surface area contributed by atoms with Crippen LogP contribution in [-0.4, -0.2) is 36.6 Å². The number of nitrogens with zero attached hydrogens (tertiary/aromatic N) is 2. The van der Waals surface area contributed by atoms with Gasteiger partial charge in [-0.2, -0.15) is 0 Å². The Kier molecular flexibility index (Phi) is 6.41. The second-order valence-corrected chi connectivity index (χ2v) is 8.52. The Balaban J connectivity index is 1.44. The van der Waals surface area contributed by atoms with Gasteiger partial charge in [0.25, 0.3) is 11.8 Å². The minimum absolute atomic E-state index is 0.0495. The molecule has 0 atom stereocenters. The minimum Gasteiger partial charge on any atom is -0.483 e. The number of benzene rings is 2. The number of thiazole rings is 1. The molecule has 0 unspecified atom stereocenters. The van der Waals surface area contributed by atoms with E-state index in [1.165, 1.54) is 11.3 Å². The molecule has 1 aliphatic heterocycles. The van der Waals surface area contributed by atoms with Crippen LogP contribution in [0, 0.1) is 13.8 Å². The molecule has 1 aromatic heterocycles. The quantitative estimate of drug-likeness (QED) is 0.569. The fourth-order valence-electron chi connectivity index (χ4n) is 3.46. The molecule has 0 bridgehead atoms. The largest absolute Gasteiger partial charge is 0.483 e. The highest BCUT2D eigenvalue weighted by Crippen LogP contribution is 2.36. The SMILES string of the molecule is CCCN1C(=O)COc2ccc(-c3csc(NC(=O)COc4cc(C)ccc4C)n3)cc21. The predicted molar refractivity (Wildman–Crippen MR) is 126 cm³/mol. The Morgan fingerprint density at radius 1 is 1.25 bits per heavy atom. The van der Waals surface area contributed by atoms with Crippen LogP contribution < -0.4 is 19.7 Å². The summed E-state index contributed by atoms with van der Waals surface area (Å²) >= 11 is 1.34. The molecule has 8 heteroatoms. The smallest absolute Gasteiger partial charge is 0.265 e. The van der Waals surface area contributed by atoms with Gasteiger partial charge >= 0.3 is 0 Å². The van der Waals surface area contributed by atoms with Gasteiger partial charge in [0.1, 0.15) is 11.5 Å². The second kappa shape index (κ2) is 9.40. The fraction of sp³-hybridized carbons (Fsp3) is 0.292. The van der Waals surface area contributed by atoms with E-state index >= 15 is 0 Å². The Labute approximate surface area is 191 Å². The van der Waals surface area contributed by atoms with Crippen molar-refractivity contribution in [3.63, 3.8) is 0 Å². The predicted octanol–water partition coefficient (Wildman–Crippen LogP) is 4.58. The highest BCUT2D eigenvalue weighted by atomic mass is 32.1. The number of hydrogen-bond acceptors (Lipinski definition) is 6. The average molecular weight is 452 g/mol. The van der Waals surface area contributed by atoms with E-state index in [2.05, 4.69) is 10.3 Å². The number of rotatable bonds is 7. The fourth-order valence-corrected chi connectivity index (χ4v) is 4.19. The van der Waals surface area contributed by atoms with Gasteiger partial charge in [0.15, 0.2) is 18.3 Å². The van der Waals surface area contributed by atoms with E-state index in [1.807, 2.05) is 62.5 Å². The topological polar surface area (TPSA) is 80.8 Å². The van der Waals surface area contributed by atoms with Gasteiger partial charge in [-0.3, -0.25) is 14.9 Å². The molecule has 0 saturated carbocycles. The van der Waals surface area contributed by atoms with E-state index < -0.39 is 0 Å². The molecule has 0 fully saturated rings. The van der Waals surface area contributed by atoms with Gasteiger partial charge in [0.2, 0.25) is 0 Å². The maximum Gasteiger partial charge on any atom is 0.265 e. The zero-order chi connectivity index (χ0) is 22.7. The van der Waals surface area contributed by atoms with Gasteiger partial charge in [-0.1, -0.05) is 19.1 Å². The first-order valence-electron chi connectivity index (χ1n) is 10.5. The number of carbonyl (C=O) groups excluding carboxylic acids is 2. The van der Waals surface area contributed by atoms with Crippen LogP contribution in [0.5, 0.6) is 11.5 Å². The molecule has 0 radical (unpaired) electrons. The van der Waals surface area contributed by atoms with Crippen LogP contribution in [0.3, 0.4) is 0 Å². The van der Waals surface area contributed by atoms with Gasteiger partial charge in [0, 0.05) is 17.5 Å². The van der Waals surface area contributed by atoms with Crippen molar-refractivity contribution in [1.82, 2.24) is 4.98 Å². The lowest BCUT2D eigenvalue weighted by Gasteiger charge is -2.29. The lowest BCUT2D eigenvalue weighted by atomic mass is 10.1. The monoisotopic (exact) mass is 451 g/mol. The molecule has 0 aliphatic carbocycles. The van der Waals surface area contributed by atoms with Gasteiger partial charge in [-0.25, -0.2) is 4.98 Å². The van der Waals surface area contributed by atoms with E-state index in [0.717, 1.165) is 34.5 Å². The molecule has 166 valence electrons. The number of aryl methyl sites for hydroxylation is 2. The van der Waals surface area contributed by atoms with Gasteiger partial charge in [-0.05, 0) is 55.7 Å². The molecular formula is C24H25N3O4S. The molecule has 3 aromatic rings. The molecule has 7 nitrogen and oxygen atoms in total. The van der Waals surface area contributed by atoms with Crippen molar-refractivity contribution < 1.29 is 19.1 Å². The van der Waals surface area contributed by atoms with Gasteiger partial charge < -0.3 is 14.4 Å². The Morgan fingerprint density at radius 2 is 2.09 bits per heavy atom. The summed E-state index contributed by atoms with van der Waals surface area (Å²) in [4.78, 5) is 30.9. The number of anilines is 2. The van der Waals surface area contributed by atoms with Crippen LogP contribution in [0.1, 0.15) is 24.5 Å². The van der Waals surface area contributed by atoms with Crippen molar-refractivity contribution >= 4 is 34.0 Å². The van der Waals surface area contributed by atoms with Crippen molar-refractivity contribution in [2.75, 3.05) is 30.0 Å². The number of nitrogens with one attached hydrogen (secondary N) is 1. The summed E-state index contributed by atoms with van der Waals surface area (Å²) in [5.74, 6) is 1.06. The van der Waals surface area contributed by atoms with E-state index in [-0.39, 0.29) is 25.0 Å². The summed E-state index contributed by atoms with van der Waals surface area (Å²) in [6.07, 6.45) is 0.854. The van der Waals surface area contributed by atoms with Crippen molar-refractivity contribution in [3.8, 4) is 22.8 Å². The van der Waals surface area contributed by atoms with Gasteiger partial charge in [-0.15, -0.1) is 11.3 Å². The van der Waals surface area contributed by atoms with Gasteiger partial charge in [0.05, 0.1) is 11.4 Å². The van der Waals surface area contributed by atoms with Crippen LogP contribution in [-0.2, 0) is 9.59 Å². The zero-order valence-corrected chi connectivity index (χ0v) is 19.1. The lowest BCUT2D eigenvalue weighted by molar-refractivity contribution is -0.121. The first-order valence-corrected chi connectivity index (χ1v) is 11.4. The van der Waals surface area contributed by atoms with Crippen LogP contribution in [0.15, 0.2) is 41.8 Å². The number of aromatic nitrogens is 1. The van der Waals surface area contributed by atoms with E-state index in [0.29, 0.717) is 23.2 Å². The molecule has 0 spiro atoms. The van der Waals surface area contributed by atoms with Crippen LogP contribution in [0.25, 0.3) is 11.3 Å². The van der Waals surface area contributed by atoms with Crippen molar-refractivity contribution in [2.45, 2.75) is 27.2 Å². The third-order valence-electron chi connectivity index (χ3n) is 5.10. The molecule has 2 amide bonds. The minimum atomic E-state index is -0.273. The molecule has 4 rings (SSSR count). The number of amides is 2. The number of ether oxygens (including phenoxy) is 2. The lowest BCUT2D eigenvalue weighted by Crippen LogP contribution is -2.39. The van der Waals surface area contributed by atoms with Crippen molar-refractivity contribution in [1.29, 1.82) is 0 Å². The van der Waals surface area contributed by atoms with Crippen LogP contribution in [0.2, 0.25) is 0 Å². The number of hydrogen-bond donors (Lipinski definition) is 1. The zero-order valence-electron chi connectivity index (χ0n) is 18.3. The maximum atomic E-state index is 12.3. The Bertz CT molecular complexity index is 1160. The molecule has 32 heavy (non-hydrogen) atoms.